The predicted octanol–water partition coefficient (Wildman–Crippen LogP) is 3.89. The highest BCUT2D eigenvalue weighted by Crippen LogP contribution is 2.25. The Kier molecular flexibility index (Phi) is 5.88. The van der Waals surface area contributed by atoms with Crippen LogP contribution in [0, 0.1) is 0 Å². The van der Waals surface area contributed by atoms with Crippen molar-refractivity contribution in [3.8, 4) is 5.75 Å². The van der Waals surface area contributed by atoms with E-state index in [1.165, 1.54) is 24.8 Å². The highest BCUT2D eigenvalue weighted by Gasteiger charge is 2.13. The van der Waals surface area contributed by atoms with Crippen LogP contribution >= 0.6 is 11.8 Å². The van der Waals surface area contributed by atoms with Gasteiger partial charge in [0.1, 0.15) is 5.75 Å². The summed E-state index contributed by atoms with van der Waals surface area (Å²) in [4.78, 5) is 0. The molecule has 1 heterocycles. The van der Waals surface area contributed by atoms with Gasteiger partial charge in [0.15, 0.2) is 0 Å². The van der Waals surface area contributed by atoms with E-state index < -0.39 is 0 Å². The highest BCUT2D eigenvalue weighted by atomic mass is 32.2. The van der Waals surface area contributed by atoms with Gasteiger partial charge in [-0.05, 0) is 32.3 Å². The molecule has 0 saturated carbocycles. The van der Waals surface area contributed by atoms with Gasteiger partial charge < -0.3 is 9.47 Å². The van der Waals surface area contributed by atoms with Crippen LogP contribution in [0.4, 0.5) is 0 Å². The maximum Gasteiger partial charge on any atom is 0.123 e. The number of hydrogen-bond acceptors (Lipinski definition) is 3. The molecule has 2 nitrogen and oxygen atoms in total. The molecule has 1 aliphatic heterocycles. The van der Waals surface area contributed by atoms with Gasteiger partial charge in [0.25, 0.3) is 0 Å². The van der Waals surface area contributed by atoms with Gasteiger partial charge in [-0.3, -0.25) is 0 Å². The van der Waals surface area contributed by atoms with Crippen molar-refractivity contribution in [3.63, 3.8) is 0 Å². The number of hydrogen-bond donors (Lipinski definition) is 0. The molecular weight excluding hydrogens is 244 g/mol. The molecule has 1 fully saturated rings. The number of para-hydroxylation sites is 1. The van der Waals surface area contributed by atoms with E-state index in [4.69, 9.17) is 9.47 Å². The first kappa shape index (κ1) is 13.8. The van der Waals surface area contributed by atoms with E-state index in [9.17, 15) is 0 Å². The van der Waals surface area contributed by atoms with E-state index in [1.807, 2.05) is 24.8 Å². The third kappa shape index (κ3) is 4.21. The first-order valence-corrected chi connectivity index (χ1v) is 7.95. The summed E-state index contributed by atoms with van der Waals surface area (Å²) in [6.07, 6.45) is 4.23. The Balaban J connectivity index is 1.78. The average Bonchev–Trinajstić information content (AvgIpc) is 2.42. The fourth-order valence-electron chi connectivity index (χ4n) is 2.16. The van der Waals surface area contributed by atoms with Crippen molar-refractivity contribution in [3.05, 3.63) is 29.8 Å². The van der Waals surface area contributed by atoms with Crippen LogP contribution in [-0.2, 0) is 10.5 Å². The second-order valence-electron chi connectivity index (χ2n) is 4.54. The Morgan fingerprint density at radius 1 is 1.33 bits per heavy atom. The van der Waals surface area contributed by atoms with Gasteiger partial charge in [-0.1, -0.05) is 18.2 Å². The number of benzene rings is 1. The average molecular weight is 266 g/mol. The van der Waals surface area contributed by atoms with Crippen molar-refractivity contribution in [1.29, 1.82) is 0 Å². The Hall–Kier alpha value is -0.670. The van der Waals surface area contributed by atoms with Crippen LogP contribution in [0.3, 0.4) is 0 Å². The molecule has 0 aromatic heterocycles. The van der Waals surface area contributed by atoms with Crippen LogP contribution in [-0.4, -0.2) is 25.1 Å². The van der Waals surface area contributed by atoms with Crippen LogP contribution in [0.5, 0.6) is 5.75 Å². The molecule has 1 atom stereocenters. The highest BCUT2D eigenvalue weighted by molar-refractivity contribution is 7.98. The minimum absolute atomic E-state index is 0.461. The van der Waals surface area contributed by atoms with Gasteiger partial charge in [0, 0.05) is 23.7 Å². The maximum atomic E-state index is 5.74. The molecule has 18 heavy (non-hydrogen) atoms. The van der Waals surface area contributed by atoms with Crippen molar-refractivity contribution < 1.29 is 9.47 Å². The Morgan fingerprint density at radius 2 is 2.22 bits per heavy atom. The third-order valence-electron chi connectivity index (χ3n) is 3.11. The lowest BCUT2D eigenvalue weighted by Crippen LogP contribution is -2.21. The van der Waals surface area contributed by atoms with Crippen LogP contribution in [0.2, 0.25) is 0 Å². The fourth-order valence-corrected chi connectivity index (χ4v) is 3.26. The van der Waals surface area contributed by atoms with Crippen molar-refractivity contribution in [1.82, 2.24) is 0 Å². The molecule has 1 saturated heterocycles. The first-order valence-electron chi connectivity index (χ1n) is 6.80. The van der Waals surface area contributed by atoms with Crippen molar-refractivity contribution in [2.45, 2.75) is 38.0 Å². The van der Waals surface area contributed by atoms with E-state index in [0.717, 1.165) is 30.5 Å². The molecule has 3 heteroatoms. The molecule has 1 aromatic carbocycles. The Bertz CT molecular complexity index is 348. The molecule has 0 aliphatic carbocycles. The predicted molar refractivity (Wildman–Crippen MR) is 77.4 cm³/mol. The summed E-state index contributed by atoms with van der Waals surface area (Å²) in [7, 11) is 0. The van der Waals surface area contributed by atoms with Crippen molar-refractivity contribution in [2.24, 2.45) is 0 Å². The van der Waals surface area contributed by atoms with Gasteiger partial charge in [-0.2, -0.15) is 11.8 Å². The van der Waals surface area contributed by atoms with Crippen LogP contribution in [0.15, 0.2) is 24.3 Å². The Labute approximate surface area is 114 Å². The quantitative estimate of drug-likeness (QED) is 0.778. The lowest BCUT2D eigenvalue weighted by atomic mass is 10.1. The molecule has 0 radical (unpaired) electrons. The zero-order chi connectivity index (χ0) is 12.6. The van der Waals surface area contributed by atoms with Crippen LogP contribution < -0.4 is 4.74 Å². The number of rotatable bonds is 6. The van der Waals surface area contributed by atoms with Gasteiger partial charge in [0.05, 0.1) is 12.7 Å². The molecule has 100 valence electrons. The smallest absolute Gasteiger partial charge is 0.123 e. The molecular formula is C15H22O2S. The summed E-state index contributed by atoms with van der Waals surface area (Å²) >= 11 is 1.95. The topological polar surface area (TPSA) is 18.5 Å². The van der Waals surface area contributed by atoms with E-state index >= 15 is 0 Å². The molecule has 0 N–H and O–H groups in total. The molecule has 0 spiro atoms. The van der Waals surface area contributed by atoms with Gasteiger partial charge in [-0.25, -0.2) is 0 Å². The van der Waals surface area contributed by atoms with E-state index in [-0.39, 0.29) is 0 Å². The minimum atomic E-state index is 0.461. The van der Waals surface area contributed by atoms with Gasteiger partial charge >= 0.3 is 0 Å². The van der Waals surface area contributed by atoms with E-state index in [1.54, 1.807) is 0 Å². The molecule has 0 amide bonds. The summed E-state index contributed by atoms with van der Waals surface area (Å²) < 4.78 is 11.4. The second-order valence-corrected chi connectivity index (χ2v) is 5.57. The van der Waals surface area contributed by atoms with Gasteiger partial charge in [-0.15, -0.1) is 0 Å². The first-order chi connectivity index (χ1) is 8.90. The van der Waals surface area contributed by atoms with Gasteiger partial charge in [0.2, 0.25) is 0 Å². The zero-order valence-corrected chi connectivity index (χ0v) is 11.9. The van der Waals surface area contributed by atoms with Crippen LogP contribution in [0.1, 0.15) is 31.7 Å². The number of ether oxygens (including phenoxy) is 2. The van der Waals surface area contributed by atoms with E-state index in [0.29, 0.717) is 6.10 Å². The fraction of sp³-hybridized carbons (Fsp3) is 0.600. The lowest BCUT2D eigenvalue weighted by Gasteiger charge is -2.22. The summed E-state index contributed by atoms with van der Waals surface area (Å²) in [6.45, 7) is 3.70. The maximum absolute atomic E-state index is 5.74. The van der Waals surface area contributed by atoms with Crippen molar-refractivity contribution in [2.75, 3.05) is 19.0 Å². The summed E-state index contributed by atoms with van der Waals surface area (Å²) in [5.74, 6) is 3.13. The molecule has 1 unspecified atom stereocenters. The summed E-state index contributed by atoms with van der Waals surface area (Å²) in [5.41, 5.74) is 1.29. The standard InChI is InChI=1S/C15H22O2S/c1-2-16-15-9-4-3-7-13(15)11-18-12-14-8-5-6-10-17-14/h3-4,7,9,14H,2,5-6,8,10-12H2,1H3. The molecule has 2 rings (SSSR count). The Morgan fingerprint density at radius 3 is 3.00 bits per heavy atom. The zero-order valence-electron chi connectivity index (χ0n) is 11.1. The third-order valence-corrected chi connectivity index (χ3v) is 4.23. The molecule has 0 bridgehead atoms. The molecule has 1 aromatic rings. The number of thioether (sulfide) groups is 1. The van der Waals surface area contributed by atoms with Crippen LogP contribution in [0.25, 0.3) is 0 Å². The van der Waals surface area contributed by atoms with Crippen molar-refractivity contribution >= 4 is 11.8 Å². The lowest BCUT2D eigenvalue weighted by molar-refractivity contribution is 0.0315. The minimum Gasteiger partial charge on any atom is -0.494 e. The largest absolute Gasteiger partial charge is 0.494 e. The molecule has 1 aliphatic rings. The SMILES string of the molecule is CCOc1ccccc1CSCC1CCCCO1. The summed E-state index contributed by atoms with van der Waals surface area (Å²) in [6, 6.07) is 8.31. The summed E-state index contributed by atoms with van der Waals surface area (Å²) in [5, 5.41) is 0. The second kappa shape index (κ2) is 7.70. The normalized spacial score (nSPS) is 19.7. The monoisotopic (exact) mass is 266 g/mol. The van der Waals surface area contributed by atoms with E-state index in [2.05, 4.69) is 18.2 Å².